The Kier molecular flexibility index (Phi) is 4.19. The van der Waals surface area contributed by atoms with Crippen LogP contribution in [0.2, 0.25) is 0 Å². The number of aromatic nitrogens is 5. The van der Waals surface area contributed by atoms with E-state index in [1.807, 2.05) is 48.7 Å². The number of hydrogen-bond donors (Lipinski definition) is 1. The molecule has 8 heteroatoms. The Morgan fingerprint density at radius 2 is 1.79 bits per heavy atom. The number of nitrogens with two attached hydrogens (primary N) is 1. The molecular weight excluding hydrogens is 356 g/mol. The molecule has 0 unspecified atom stereocenters. The van der Waals surface area contributed by atoms with Crippen LogP contribution in [0.5, 0.6) is 0 Å². The average Bonchev–Trinajstić information content (AvgIpc) is 3.40. The van der Waals surface area contributed by atoms with Crippen molar-refractivity contribution in [1.29, 1.82) is 0 Å². The minimum atomic E-state index is -0.252. The maximum atomic E-state index is 5.91. The molecule has 4 aromatic rings. The Morgan fingerprint density at radius 1 is 0.964 bits per heavy atom. The summed E-state index contributed by atoms with van der Waals surface area (Å²) >= 11 is 0. The molecule has 0 spiro atoms. The summed E-state index contributed by atoms with van der Waals surface area (Å²) in [5, 5.41) is 4.40. The number of pyridine rings is 1. The fourth-order valence-corrected chi connectivity index (χ4v) is 3.25. The molecule has 1 aromatic carbocycles. The quantitative estimate of drug-likeness (QED) is 0.586. The van der Waals surface area contributed by atoms with Crippen LogP contribution in [-0.4, -0.2) is 44.2 Å². The fourth-order valence-electron chi connectivity index (χ4n) is 3.25. The Hall–Kier alpha value is -3.36. The van der Waals surface area contributed by atoms with Gasteiger partial charge in [0.2, 0.25) is 5.95 Å². The van der Waals surface area contributed by atoms with E-state index in [-0.39, 0.29) is 12.2 Å². The lowest BCUT2D eigenvalue weighted by molar-refractivity contribution is -0.0545. The molecule has 1 aliphatic heterocycles. The van der Waals surface area contributed by atoms with Crippen molar-refractivity contribution in [3.05, 3.63) is 54.9 Å². The third kappa shape index (κ3) is 3.19. The lowest BCUT2D eigenvalue weighted by atomic mass is 10.1. The smallest absolute Gasteiger partial charge is 0.221 e. The second-order valence-corrected chi connectivity index (χ2v) is 6.48. The summed E-state index contributed by atoms with van der Waals surface area (Å²) in [6, 6.07) is 13.7. The minimum absolute atomic E-state index is 0.227. The SMILES string of the molecule is Nc1nc(-c2ccccc2)c2nc(-c3cnn(CC4OCCO4)c3)ccc2n1. The normalized spacial score (nSPS) is 14.7. The van der Waals surface area contributed by atoms with Crippen molar-refractivity contribution in [3.8, 4) is 22.5 Å². The van der Waals surface area contributed by atoms with Crippen LogP contribution in [0.1, 0.15) is 0 Å². The van der Waals surface area contributed by atoms with Gasteiger partial charge in [0.25, 0.3) is 0 Å². The molecule has 5 rings (SSSR count). The number of nitrogen functional groups attached to an aromatic ring is 1. The minimum Gasteiger partial charge on any atom is -0.368 e. The molecule has 0 radical (unpaired) electrons. The van der Waals surface area contributed by atoms with Crippen LogP contribution in [0.25, 0.3) is 33.5 Å². The zero-order valence-corrected chi connectivity index (χ0v) is 15.0. The number of hydrogen-bond acceptors (Lipinski definition) is 7. The standard InChI is InChI=1S/C20H18N6O2/c21-20-24-16-7-6-15(14-10-22-26(11-14)12-17-27-8-9-28-17)23-19(16)18(25-20)13-4-2-1-3-5-13/h1-7,10-11,17H,8-9,12H2,(H2,21,24,25). The summed E-state index contributed by atoms with van der Waals surface area (Å²) in [6.07, 6.45) is 3.46. The van der Waals surface area contributed by atoms with Gasteiger partial charge in [-0.1, -0.05) is 30.3 Å². The highest BCUT2D eigenvalue weighted by Crippen LogP contribution is 2.28. The van der Waals surface area contributed by atoms with Crippen molar-refractivity contribution >= 4 is 17.0 Å². The molecule has 0 amide bonds. The summed E-state index contributed by atoms with van der Waals surface area (Å²) in [6.45, 7) is 1.79. The topological polar surface area (TPSA) is 101 Å². The Morgan fingerprint density at radius 3 is 2.61 bits per heavy atom. The van der Waals surface area contributed by atoms with Crippen molar-refractivity contribution in [3.63, 3.8) is 0 Å². The molecule has 4 heterocycles. The number of anilines is 1. The van der Waals surface area contributed by atoms with Crippen molar-refractivity contribution in [2.24, 2.45) is 0 Å². The van der Waals surface area contributed by atoms with Crippen LogP contribution < -0.4 is 5.73 Å². The van der Waals surface area contributed by atoms with Gasteiger partial charge in [-0.3, -0.25) is 4.68 Å². The van der Waals surface area contributed by atoms with E-state index in [1.165, 1.54) is 0 Å². The second kappa shape index (κ2) is 6.99. The monoisotopic (exact) mass is 374 g/mol. The number of benzene rings is 1. The van der Waals surface area contributed by atoms with E-state index in [0.717, 1.165) is 16.8 Å². The number of ether oxygens (including phenoxy) is 2. The molecular formula is C20H18N6O2. The summed E-state index contributed by atoms with van der Waals surface area (Å²) < 4.78 is 12.8. The van der Waals surface area contributed by atoms with Crippen molar-refractivity contribution in [2.75, 3.05) is 18.9 Å². The van der Waals surface area contributed by atoms with E-state index < -0.39 is 0 Å². The lowest BCUT2D eigenvalue weighted by Gasteiger charge is -2.08. The van der Waals surface area contributed by atoms with Gasteiger partial charge in [-0.05, 0) is 12.1 Å². The number of nitrogens with zero attached hydrogens (tertiary/aromatic N) is 5. The Labute approximate surface area is 161 Å². The summed E-state index contributed by atoms with van der Waals surface area (Å²) in [5.41, 5.74) is 10.7. The Balaban J connectivity index is 1.54. The molecule has 2 N–H and O–H groups in total. The molecule has 1 saturated heterocycles. The molecule has 140 valence electrons. The third-order valence-electron chi connectivity index (χ3n) is 4.56. The van der Waals surface area contributed by atoms with Gasteiger partial charge >= 0.3 is 0 Å². The van der Waals surface area contributed by atoms with Crippen LogP contribution in [0.15, 0.2) is 54.9 Å². The van der Waals surface area contributed by atoms with E-state index in [1.54, 1.807) is 10.9 Å². The zero-order valence-electron chi connectivity index (χ0n) is 15.0. The van der Waals surface area contributed by atoms with Gasteiger partial charge in [0.05, 0.1) is 37.2 Å². The molecule has 0 aliphatic carbocycles. The average molecular weight is 374 g/mol. The van der Waals surface area contributed by atoms with Gasteiger partial charge in [-0.2, -0.15) is 5.10 Å². The first-order chi connectivity index (χ1) is 13.8. The first-order valence-corrected chi connectivity index (χ1v) is 9.02. The summed E-state index contributed by atoms with van der Waals surface area (Å²) in [4.78, 5) is 13.6. The molecule has 1 fully saturated rings. The van der Waals surface area contributed by atoms with Crippen LogP contribution in [0.3, 0.4) is 0 Å². The van der Waals surface area contributed by atoms with Crippen molar-refractivity contribution in [2.45, 2.75) is 12.8 Å². The van der Waals surface area contributed by atoms with E-state index in [9.17, 15) is 0 Å². The van der Waals surface area contributed by atoms with Gasteiger partial charge in [0, 0.05) is 17.3 Å². The van der Waals surface area contributed by atoms with Crippen LogP contribution in [0.4, 0.5) is 5.95 Å². The second-order valence-electron chi connectivity index (χ2n) is 6.48. The van der Waals surface area contributed by atoms with E-state index in [0.29, 0.717) is 36.5 Å². The predicted octanol–water partition coefficient (Wildman–Crippen LogP) is 2.51. The fraction of sp³-hybridized carbons (Fsp3) is 0.200. The lowest BCUT2D eigenvalue weighted by Crippen LogP contribution is -2.16. The van der Waals surface area contributed by atoms with Crippen LogP contribution in [-0.2, 0) is 16.0 Å². The Bertz CT molecular complexity index is 1120. The molecule has 8 nitrogen and oxygen atoms in total. The van der Waals surface area contributed by atoms with Crippen LogP contribution >= 0.6 is 0 Å². The molecule has 28 heavy (non-hydrogen) atoms. The number of fused-ring (bicyclic) bond motifs is 1. The molecule has 1 aliphatic rings. The summed E-state index contributed by atoms with van der Waals surface area (Å²) in [7, 11) is 0. The molecule has 0 atom stereocenters. The molecule has 0 bridgehead atoms. The van der Waals surface area contributed by atoms with E-state index in [4.69, 9.17) is 20.2 Å². The molecule has 0 saturated carbocycles. The highest BCUT2D eigenvalue weighted by atomic mass is 16.7. The van der Waals surface area contributed by atoms with Crippen molar-refractivity contribution in [1.82, 2.24) is 24.7 Å². The highest BCUT2D eigenvalue weighted by Gasteiger charge is 2.17. The van der Waals surface area contributed by atoms with Gasteiger partial charge < -0.3 is 15.2 Å². The van der Waals surface area contributed by atoms with Gasteiger partial charge in [0.1, 0.15) is 11.2 Å². The molecule has 3 aromatic heterocycles. The van der Waals surface area contributed by atoms with Crippen molar-refractivity contribution < 1.29 is 9.47 Å². The maximum absolute atomic E-state index is 5.91. The van der Waals surface area contributed by atoms with Gasteiger partial charge in [0.15, 0.2) is 6.29 Å². The van der Waals surface area contributed by atoms with E-state index >= 15 is 0 Å². The predicted molar refractivity (Wildman–Crippen MR) is 104 cm³/mol. The van der Waals surface area contributed by atoms with Gasteiger partial charge in [-0.15, -0.1) is 0 Å². The summed E-state index contributed by atoms with van der Waals surface area (Å²) in [5.74, 6) is 0.227. The third-order valence-corrected chi connectivity index (χ3v) is 4.56. The maximum Gasteiger partial charge on any atom is 0.221 e. The van der Waals surface area contributed by atoms with Crippen LogP contribution in [0, 0.1) is 0 Å². The van der Waals surface area contributed by atoms with E-state index in [2.05, 4.69) is 15.1 Å². The first kappa shape index (κ1) is 16.8. The first-order valence-electron chi connectivity index (χ1n) is 9.02. The highest BCUT2D eigenvalue weighted by molar-refractivity contribution is 5.91. The van der Waals surface area contributed by atoms with Gasteiger partial charge in [-0.25, -0.2) is 15.0 Å². The largest absolute Gasteiger partial charge is 0.368 e. The number of rotatable bonds is 4. The zero-order chi connectivity index (χ0) is 18.9.